The highest BCUT2D eigenvalue weighted by molar-refractivity contribution is 5.56. The highest BCUT2D eigenvalue weighted by atomic mass is 19.1. The molecule has 1 N–H and O–H groups in total. The molecule has 1 heterocycles. The molecule has 0 spiro atoms. The number of hydrogen-bond acceptors (Lipinski definition) is 4. The van der Waals surface area contributed by atoms with Gasteiger partial charge in [0.15, 0.2) is 5.76 Å². The highest BCUT2D eigenvalue weighted by Gasteiger charge is 2.19. The Morgan fingerprint density at radius 2 is 2.14 bits per heavy atom. The van der Waals surface area contributed by atoms with Gasteiger partial charge >= 0.3 is 0 Å². The lowest BCUT2D eigenvalue weighted by molar-refractivity contribution is 0.0329. The molecule has 0 atom stereocenters. The first-order chi connectivity index (χ1) is 9.87. The minimum absolute atomic E-state index is 0.303. The van der Waals surface area contributed by atoms with Crippen molar-refractivity contribution in [2.75, 3.05) is 13.1 Å². The van der Waals surface area contributed by atoms with Crippen molar-refractivity contribution in [3.63, 3.8) is 0 Å². The summed E-state index contributed by atoms with van der Waals surface area (Å²) < 4.78 is 18.9. The highest BCUT2D eigenvalue weighted by Crippen LogP contribution is 2.21. The first-order valence-corrected chi connectivity index (χ1v) is 7.03. The molecule has 0 aliphatic carbocycles. The summed E-state index contributed by atoms with van der Waals surface area (Å²) in [5, 5.41) is 9.88. The summed E-state index contributed by atoms with van der Waals surface area (Å²) in [7, 11) is 0. The number of benzene rings is 1. The zero-order valence-electron chi connectivity index (χ0n) is 12.6. The van der Waals surface area contributed by atoms with Crippen molar-refractivity contribution in [2.45, 2.75) is 32.9 Å². The molecular weight excluding hydrogens is 271 g/mol. The smallest absolute Gasteiger partial charge is 0.209 e. The fraction of sp³-hybridized carbons (Fsp3) is 0.438. The van der Waals surface area contributed by atoms with Gasteiger partial charge in [0.1, 0.15) is 5.82 Å². The number of halogens is 1. The maximum absolute atomic E-state index is 13.2. The molecule has 4 nitrogen and oxygen atoms in total. The molecule has 0 amide bonds. The third-order valence-corrected chi connectivity index (χ3v) is 3.08. The van der Waals surface area contributed by atoms with Crippen LogP contribution in [0.3, 0.4) is 0 Å². The van der Waals surface area contributed by atoms with Crippen LogP contribution in [0.4, 0.5) is 4.39 Å². The van der Waals surface area contributed by atoms with Crippen molar-refractivity contribution >= 4 is 0 Å². The fourth-order valence-electron chi connectivity index (χ4n) is 2.18. The van der Waals surface area contributed by atoms with Crippen molar-refractivity contribution in [3.8, 4) is 11.3 Å². The Kier molecular flexibility index (Phi) is 4.75. The van der Waals surface area contributed by atoms with Crippen LogP contribution in [0.25, 0.3) is 11.3 Å². The van der Waals surface area contributed by atoms with Gasteiger partial charge in [-0.3, -0.25) is 4.90 Å². The number of oxazole rings is 1. The van der Waals surface area contributed by atoms with E-state index < -0.39 is 5.60 Å². The predicted octanol–water partition coefficient (Wildman–Crippen LogP) is 3.07. The van der Waals surface area contributed by atoms with E-state index in [0.29, 0.717) is 30.3 Å². The first-order valence-electron chi connectivity index (χ1n) is 7.03. The Balaban J connectivity index is 2.09. The maximum atomic E-state index is 13.2. The van der Waals surface area contributed by atoms with Gasteiger partial charge in [-0.05, 0) is 32.5 Å². The molecule has 0 unspecified atom stereocenters. The quantitative estimate of drug-likeness (QED) is 0.889. The summed E-state index contributed by atoms with van der Waals surface area (Å²) in [6.07, 6.45) is 1.60. The maximum Gasteiger partial charge on any atom is 0.209 e. The Hall–Kier alpha value is -1.72. The topological polar surface area (TPSA) is 49.5 Å². The Morgan fingerprint density at radius 3 is 2.76 bits per heavy atom. The van der Waals surface area contributed by atoms with E-state index in [9.17, 15) is 9.50 Å². The Morgan fingerprint density at radius 1 is 1.38 bits per heavy atom. The summed E-state index contributed by atoms with van der Waals surface area (Å²) in [6, 6.07) is 6.23. The molecule has 2 aromatic rings. The van der Waals surface area contributed by atoms with Gasteiger partial charge in [0.2, 0.25) is 5.89 Å². The SMILES string of the molecule is CCN(Cc1ncc(-c2cccc(F)c2)o1)CC(C)(C)O. The molecule has 0 aliphatic rings. The molecule has 114 valence electrons. The van der Waals surface area contributed by atoms with Crippen LogP contribution >= 0.6 is 0 Å². The van der Waals surface area contributed by atoms with Gasteiger partial charge in [0.05, 0.1) is 18.3 Å². The van der Waals surface area contributed by atoms with Crippen LogP contribution in [-0.4, -0.2) is 33.7 Å². The van der Waals surface area contributed by atoms with Gasteiger partial charge in [0.25, 0.3) is 0 Å². The standard InChI is InChI=1S/C16H21FN2O2/c1-4-19(11-16(2,3)20)10-15-18-9-14(21-15)12-6-5-7-13(17)8-12/h5-9,20H,4,10-11H2,1-3H3. The average Bonchev–Trinajstić information content (AvgIpc) is 2.85. The summed E-state index contributed by atoms with van der Waals surface area (Å²) in [4.78, 5) is 6.27. The number of rotatable bonds is 6. The second kappa shape index (κ2) is 6.37. The van der Waals surface area contributed by atoms with Crippen LogP contribution in [0.5, 0.6) is 0 Å². The first kappa shape index (κ1) is 15.7. The van der Waals surface area contributed by atoms with Crippen molar-refractivity contribution in [2.24, 2.45) is 0 Å². The molecule has 0 radical (unpaired) electrons. The van der Waals surface area contributed by atoms with E-state index in [1.807, 2.05) is 11.8 Å². The summed E-state index contributed by atoms with van der Waals surface area (Å²) >= 11 is 0. The van der Waals surface area contributed by atoms with Crippen LogP contribution in [0.1, 0.15) is 26.7 Å². The van der Waals surface area contributed by atoms with E-state index in [-0.39, 0.29) is 5.82 Å². The molecule has 0 fully saturated rings. The van der Waals surface area contributed by atoms with E-state index in [1.165, 1.54) is 12.1 Å². The largest absolute Gasteiger partial charge is 0.439 e. The second-order valence-corrected chi connectivity index (χ2v) is 5.74. The lowest BCUT2D eigenvalue weighted by atomic mass is 10.1. The third-order valence-electron chi connectivity index (χ3n) is 3.08. The van der Waals surface area contributed by atoms with Crippen LogP contribution in [-0.2, 0) is 6.54 Å². The fourth-order valence-corrected chi connectivity index (χ4v) is 2.18. The number of likely N-dealkylation sites (N-methyl/N-ethyl adjacent to an activating group) is 1. The van der Waals surface area contributed by atoms with Gasteiger partial charge in [-0.15, -0.1) is 0 Å². The van der Waals surface area contributed by atoms with Crippen LogP contribution in [0.2, 0.25) is 0 Å². The molecular formula is C16H21FN2O2. The van der Waals surface area contributed by atoms with E-state index in [4.69, 9.17) is 4.42 Å². The van der Waals surface area contributed by atoms with Crippen molar-refractivity contribution < 1.29 is 13.9 Å². The van der Waals surface area contributed by atoms with Gasteiger partial charge in [-0.1, -0.05) is 19.1 Å². The summed E-state index contributed by atoms with van der Waals surface area (Å²) in [5.41, 5.74) is -0.104. The molecule has 0 saturated carbocycles. The molecule has 1 aromatic carbocycles. The van der Waals surface area contributed by atoms with Crippen molar-refractivity contribution in [1.29, 1.82) is 0 Å². The molecule has 5 heteroatoms. The average molecular weight is 292 g/mol. The zero-order valence-corrected chi connectivity index (χ0v) is 12.6. The molecule has 2 rings (SSSR count). The molecule has 1 aromatic heterocycles. The summed E-state index contributed by atoms with van der Waals surface area (Å²) in [5.74, 6) is 0.798. The second-order valence-electron chi connectivity index (χ2n) is 5.74. The minimum Gasteiger partial charge on any atom is -0.439 e. The van der Waals surface area contributed by atoms with Crippen molar-refractivity contribution in [3.05, 3.63) is 42.2 Å². The van der Waals surface area contributed by atoms with Gasteiger partial charge in [-0.25, -0.2) is 9.37 Å². The van der Waals surface area contributed by atoms with E-state index >= 15 is 0 Å². The zero-order chi connectivity index (χ0) is 15.5. The van der Waals surface area contributed by atoms with Crippen molar-refractivity contribution in [1.82, 2.24) is 9.88 Å². The number of aliphatic hydroxyl groups is 1. The minimum atomic E-state index is -0.770. The number of nitrogens with zero attached hydrogens (tertiary/aromatic N) is 2. The molecule has 0 aliphatic heterocycles. The lowest BCUT2D eigenvalue weighted by Gasteiger charge is -2.26. The third kappa shape index (κ3) is 4.65. The molecule has 0 saturated heterocycles. The lowest BCUT2D eigenvalue weighted by Crippen LogP contribution is -2.38. The predicted molar refractivity (Wildman–Crippen MR) is 79.1 cm³/mol. The van der Waals surface area contributed by atoms with E-state index in [1.54, 1.807) is 32.2 Å². The number of aromatic nitrogens is 1. The van der Waals surface area contributed by atoms with Crippen LogP contribution in [0, 0.1) is 5.82 Å². The molecule has 0 bridgehead atoms. The Labute approximate surface area is 124 Å². The van der Waals surface area contributed by atoms with Crippen LogP contribution in [0.15, 0.2) is 34.9 Å². The van der Waals surface area contributed by atoms with Gasteiger partial charge in [-0.2, -0.15) is 0 Å². The van der Waals surface area contributed by atoms with Gasteiger partial charge < -0.3 is 9.52 Å². The normalized spacial score (nSPS) is 12.1. The molecule has 21 heavy (non-hydrogen) atoms. The van der Waals surface area contributed by atoms with Crippen LogP contribution < -0.4 is 0 Å². The monoisotopic (exact) mass is 292 g/mol. The Bertz CT molecular complexity index is 590. The van der Waals surface area contributed by atoms with Gasteiger partial charge in [0, 0.05) is 12.1 Å². The van der Waals surface area contributed by atoms with E-state index in [2.05, 4.69) is 4.98 Å². The van der Waals surface area contributed by atoms with E-state index in [0.717, 1.165) is 6.54 Å². The number of hydrogen-bond donors (Lipinski definition) is 1. The summed E-state index contributed by atoms with van der Waals surface area (Å²) in [6.45, 7) is 7.37.